The van der Waals surface area contributed by atoms with Crippen LogP contribution < -0.4 is 0 Å². The number of hydrogen-bond acceptors (Lipinski definition) is 4. The summed E-state index contributed by atoms with van der Waals surface area (Å²) in [5, 5.41) is 0. The minimum atomic E-state index is -3.62. The van der Waals surface area contributed by atoms with Gasteiger partial charge in [-0.05, 0) is 55.9 Å². The second kappa shape index (κ2) is 8.37. The molecule has 0 aliphatic heterocycles. The van der Waals surface area contributed by atoms with E-state index in [2.05, 4.69) is 6.92 Å². The molecule has 26 heavy (non-hydrogen) atoms. The average molecular weight is 403 g/mol. The van der Waals surface area contributed by atoms with Gasteiger partial charge in [0.25, 0.3) is 0 Å². The molecule has 0 heterocycles. The quantitative estimate of drug-likeness (QED) is 0.703. The molecular weight excluding hydrogens is 372 g/mol. The Hall–Kier alpha value is -0.960. The third kappa shape index (κ3) is 4.30. The maximum atomic E-state index is 12.9. The van der Waals surface area contributed by atoms with Crippen molar-refractivity contribution in [3.8, 4) is 0 Å². The fourth-order valence-corrected chi connectivity index (χ4v) is 6.34. The Balaban J connectivity index is 2.24. The first-order valence-electron chi connectivity index (χ1n) is 9.22. The molecule has 0 radical (unpaired) electrons. The summed E-state index contributed by atoms with van der Waals surface area (Å²) in [6.45, 7) is 6.50. The van der Waals surface area contributed by atoms with E-state index in [0.29, 0.717) is 19.0 Å². The highest BCUT2D eigenvalue weighted by atomic mass is 32.2. The molecule has 0 bridgehead atoms. The summed E-state index contributed by atoms with van der Waals surface area (Å²) in [5.41, 5.74) is 0. The van der Waals surface area contributed by atoms with Crippen LogP contribution in [-0.4, -0.2) is 51.6 Å². The molecule has 148 valence electrons. The van der Waals surface area contributed by atoms with Crippen molar-refractivity contribution < 1.29 is 16.8 Å². The van der Waals surface area contributed by atoms with Gasteiger partial charge in [0.05, 0.1) is 9.79 Å². The summed E-state index contributed by atoms with van der Waals surface area (Å²) in [5.74, 6) is 0.645. The van der Waals surface area contributed by atoms with Gasteiger partial charge >= 0.3 is 0 Å². The molecule has 0 aromatic heterocycles. The molecule has 1 aliphatic rings. The van der Waals surface area contributed by atoms with Crippen molar-refractivity contribution in [2.75, 3.05) is 20.1 Å². The van der Waals surface area contributed by atoms with Gasteiger partial charge in [-0.25, -0.2) is 16.8 Å². The second-order valence-electron chi connectivity index (χ2n) is 7.00. The van der Waals surface area contributed by atoms with E-state index in [0.717, 1.165) is 25.7 Å². The Kier molecular flexibility index (Phi) is 6.87. The van der Waals surface area contributed by atoms with Gasteiger partial charge in [0.1, 0.15) is 0 Å². The van der Waals surface area contributed by atoms with Crippen LogP contribution in [0.5, 0.6) is 0 Å². The van der Waals surface area contributed by atoms with Crippen molar-refractivity contribution in [2.45, 2.75) is 62.3 Å². The lowest BCUT2D eigenvalue weighted by molar-refractivity contribution is 0.246. The Morgan fingerprint density at radius 1 is 0.846 bits per heavy atom. The number of sulfonamides is 2. The van der Waals surface area contributed by atoms with E-state index in [1.54, 1.807) is 20.9 Å². The Labute approximate surface area is 158 Å². The van der Waals surface area contributed by atoms with Crippen LogP contribution in [0.2, 0.25) is 0 Å². The van der Waals surface area contributed by atoms with Crippen LogP contribution in [0.4, 0.5) is 0 Å². The smallest absolute Gasteiger partial charge is 0.207 e. The van der Waals surface area contributed by atoms with Gasteiger partial charge in [-0.2, -0.15) is 8.61 Å². The van der Waals surface area contributed by atoms with E-state index in [-0.39, 0.29) is 15.8 Å². The molecule has 1 aromatic rings. The zero-order chi connectivity index (χ0) is 19.5. The van der Waals surface area contributed by atoms with Crippen LogP contribution in [0.15, 0.2) is 34.1 Å². The predicted molar refractivity (Wildman–Crippen MR) is 103 cm³/mol. The summed E-state index contributed by atoms with van der Waals surface area (Å²) in [6.07, 6.45) is 3.80. The van der Waals surface area contributed by atoms with Crippen molar-refractivity contribution in [1.29, 1.82) is 0 Å². The van der Waals surface area contributed by atoms with E-state index >= 15 is 0 Å². The molecule has 0 N–H and O–H groups in total. The van der Waals surface area contributed by atoms with Crippen LogP contribution in [-0.2, 0) is 20.0 Å². The molecule has 1 saturated carbocycles. The van der Waals surface area contributed by atoms with Crippen molar-refractivity contribution in [1.82, 2.24) is 8.61 Å². The first kappa shape index (κ1) is 21.3. The summed E-state index contributed by atoms with van der Waals surface area (Å²) in [6, 6.07) is 5.57. The number of benzene rings is 1. The molecule has 8 heteroatoms. The van der Waals surface area contributed by atoms with Gasteiger partial charge in [-0.15, -0.1) is 0 Å². The van der Waals surface area contributed by atoms with Crippen molar-refractivity contribution in [3.63, 3.8) is 0 Å². The second-order valence-corrected chi connectivity index (χ2v) is 10.9. The van der Waals surface area contributed by atoms with Gasteiger partial charge in [-0.1, -0.05) is 20.8 Å². The molecule has 1 aliphatic carbocycles. The maximum Gasteiger partial charge on any atom is 0.243 e. The SMILES string of the molecule is CCN(CC)S(=O)(=O)c1ccc(S(=O)(=O)N(C)C2CCC(C)CC2)cc1. The van der Waals surface area contributed by atoms with Crippen molar-refractivity contribution in [3.05, 3.63) is 24.3 Å². The van der Waals surface area contributed by atoms with Crippen LogP contribution in [0, 0.1) is 5.92 Å². The molecule has 0 unspecified atom stereocenters. The zero-order valence-electron chi connectivity index (χ0n) is 16.1. The van der Waals surface area contributed by atoms with E-state index in [1.807, 2.05) is 0 Å². The van der Waals surface area contributed by atoms with E-state index in [9.17, 15) is 16.8 Å². The molecule has 0 amide bonds. The zero-order valence-corrected chi connectivity index (χ0v) is 17.7. The highest BCUT2D eigenvalue weighted by Gasteiger charge is 2.31. The third-order valence-electron chi connectivity index (χ3n) is 5.34. The predicted octanol–water partition coefficient (Wildman–Crippen LogP) is 2.92. The molecule has 2 rings (SSSR count). The van der Waals surface area contributed by atoms with Crippen LogP contribution in [0.25, 0.3) is 0 Å². The Morgan fingerprint density at radius 3 is 1.69 bits per heavy atom. The first-order chi connectivity index (χ1) is 12.1. The summed E-state index contributed by atoms with van der Waals surface area (Å²) < 4.78 is 53.6. The van der Waals surface area contributed by atoms with Crippen LogP contribution >= 0.6 is 0 Å². The normalized spacial score (nSPS) is 22.1. The van der Waals surface area contributed by atoms with E-state index in [4.69, 9.17) is 0 Å². The Morgan fingerprint density at radius 2 is 1.27 bits per heavy atom. The number of rotatable bonds is 7. The number of nitrogens with zero attached hydrogens (tertiary/aromatic N) is 2. The Bertz CT molecular complexity index is 792. The van der Waals surface area contributed by atoms with E-state index < -0.39 is 20.0 Å². The topological polar surface area (TPSA) is 74.8 Å². The summed E-state index contributed by atoms with van der Waals surface area (Å²) in [4.78, 5) is 0.256. The minimum Gasteiger partial charge on any atom is -0.207 e. The molecule has 0 saturated heterocycles. The van der Waals surface area contributed by atoms with Gasteiger partial charge in [0, 0.05) is 26.2 Å². The molecular formula is C18H30N2O4S2. The molecule has 1 aromatic carbocycles. The minimum absolute atomic E-state index is 0.00952. The maximum absolute atomic E-state index is 12.9. The average Bonchev–Trinajstić information content (AvgIpc) is 2.62. The lowest BCUT2D eigenvalue weighted by Crippen LogP contribution is -2.39. The van der Waals surface area contributed by atoms with Gasteiger partial charge in [0.15, 0.2) is 0 Å². The lowest BCUT2D eigenvalue weighted by Gasteiger charge is -2.32. The molecule has 1 fully saturated rings. The van der Waals surface area contributed by atoms with Crippen molar-refractivity contribution >= 4 is 20.0 Å². The van der Waals surface area contributed by atoms with Gasteiger partial charge in [0.2, 0.25) is 20.0 Å². The fraction of sp³-hybridized carbons (Fsp3) is 0.667. The molecule has 0 spiro atoms. The number of hydrogen-bond donors (Lipinski definition) is 0. The van der Waals surface area contributed by atoms with Crippen LogP contribution in [0.3, 0.4) is 0 Å². The molecule has 6 nitrogen and oxygen atoms in total. The monoisotopic (exact) mass is 402 g/mol. The van der Waals surface area contributed by atoms with E-state index in [1.165, 1.54) is 32.9 Å². The standard InChI is InChI=1S/C18H30N2O4S2/c1-5-20(6-2)26(23,24)18-13-11-17(12-14-18)25(21,22)19(4)16-9-7-15(3)8-10-16/h11-16H,5-10H2,1-4H3. The third-order valence-corrected chi connectivity index (χ3v) is 9.33. The largest absolute Gasteiger partial charge is 0.243 e. The summed E-state index contributed by atoms with van der Waals surface area (Å²) >= 11 is 0. The van der Waals surface area contributed by atoms with Gasteiger partial charge < -0.3 is 0 Å². The highest BCUT2D eigenvalue weighted by Crippen LogP contribution is 2.30. The van der Waals surface area contributed by atoms with Crippen LogP contribution in [0.1, 0.15) is 46.5 Å². The summed E-state index contributed by atoms with van der Waals surface area (Å²) in [7, 11) is -5.59. The molecule has 0 atom stereocenters. The lowest BCUT2D eigenvalue weighted by atomic mass is 9.87. The van der Waals surface area contributed by atoms with Crippen molar-refractivity contribution in [2.24, 2.45) is 5.92 Å². The van der Waals surface area contributed by atoms with Gasteiger partial charge in [-0.3, -0.25) is 0 Å². The first-order valence-corrected chi connectivity index (χ1v) is 12.1. The highest BCUT2D eigenvalue weighted by molar-refractivity contribution is 7.89. The fourth-order valence-electron chi connectivity index (χ4n) is 3.46.